The summed E-state index contributed by atoms with van der Waals surface area (Å²) in [7, 11) is 0. The summed E-state index contributed by atoms with van der Waals surface area (Å²) in [6.45, 7) is 0.687. The normalized spacial score (nSPS) is 17.6. The van der Waals surface area contributed by atoms with Gasteiger partial charge in [0.05, 0.1) is 6.10 Å². The number of likely N-dealkylation sites (tertiary alicyclic amines) is 1. The van der Waals surface area contributed by atoms with Gasteiger partial charge in [-0.3, -0.25) is 0 Å². The van der Waals surface area contributed by atoms with Crippen LogP contribution in [0, 0.1) is 0 Å². The molecule has 1 aliphatic heterocycles. The number of alkyl halides is 3. The third-order valence-electron chi connectivity index (χ3n) is 2.87. The SMILES string of the molecule is NCCCOC1CCN(C(=O)NCC(F)(F)F)CC1. The molecule has 0 spiro atoms. The molecule has 0 atom stereocenters. The van der Waals surface area contributed by atoms with Crippen molar-refractivity contribution in [2.45, 2.75) is 31.5 Å². The van der Waals surface area contributed by atoms with Crippen LogP contribution in [0.5, 0.6) is 0 Å². The van der Waals surface area contributed by atoms with Crippen molar-refractivity contribution < 1.29 is 22.7 Å². The van der Waals surface area contributed by atoms with E-state index in [9.17, 15) is 18.0 Å². The number of carbonyl (C=O) groups is 1. The average Bonchev–Trinajstić information content (AvgIpc) is 2.36. The van der Waals surface area contributed by atoms with Gasteiger partial charge in [0.1, 0.15) is 6.54 Å². The highest BCUT2D eigenvalue weighted by atomic mass is 19.4. The van der Waals surface area contributed by atoms with Crippen molar-refractivity contribution in [1.82, 2.24) is 10.2 Å². The Hall–Kier alpha value is -1.02. The number of halogens is 3. The van der Waals surface area contributed by atoms with Gasteiger partial charge < -0.3 is 20.7 Å². The Bertz CT molecular complexity index is 279. The summed E-state index contributed by atoms with van der Waals surface area (Å²) < 4.78 is 41.4. The van der Waals surface area contributed by atoms with E-state index in [2.05, 4.69) is 0 Å². The molecule has 1 fully saturated rings. The lowest BCUT2D eigenvalue weighted by atomic mass is 10.1. The van der Waals surface area contributed by atoms with Gasteiger partial charge in [-0.05, 0) is 25.8 Å². The standard InChI is InChI=1S/C11H20F3N3O2/c12-11(13,14)8-16-10(18)17-5-2-9(3-6-17)19-7-1-4-15/h9H,1-8,15H2,(H,16,18). The molecule has 0 aromatic carbocycles. The van der Waals surface area contributed by atoms with Crippen LogP contribution in [0.15, 0.2) is 0 Å². The Morgan fingerprint density at radius 2 is 2.00 bits per heavy atom. The van der Waals surface area contributed by atoms with Gasteiger partial charge in [0.25, 0.3) is 0 Å². The van der Waals surface area contributed by atoms with Crippen LogP contribution in [-0.2, 0) is 4.74 Å². The summed E-state index contributed by atoms with van der Waals surface area (Å²) >= 11 is 0. The van der Waals surface area contributed by atoms with E-state index in [-0.39, 0.29) is 6.10 Å². The molecule has 8 heteroatoms. The third-order valence-corrected chi connectivity index (χ3v) is 2.87. The van der Waals surface area contributed by atoms with Crippen molar-refractivity contribution in [1.29, 1.82) is 0 Å². The third kappa shape index (κ3) is 6.63. The quantitative estimate of drug-likeness (QED) is 0.742. The summed E-state index contributed by atoms with van der Waals surface area (Å²) in [5.41, 5.74) is 5.34. The Morgan fingerprint density at radius 1 is 1.37 bits per heavy atom. The number of ether oxygens (including phenoxy) is 1. The number of amides is 2. The predicted molar refractivity (Wildman–Crippen MR) is 63.7 cm³/mol. The lowest BCUT2D eigenvalue weighted by Gasteiger charge is -2.32. The minimum Gasteiger partial charge on any atom is -0.378 e. The summed E-state index contributed by atoms with van der Waals surface area (Å²) in [6.07, 6.45) is -2.24. The number of nitrogens with zero attached hydrogens (tertiary/aromatic N) is 1. The second-order valence-electron chi connectivity index (χ2n) is 4.47. The van der Waals surface area contributed by atoms with Crippen LogP contribution in [0.1, 0.15) is 19.3 Å². The summed E-state index contributed by atoms with van der Waals surface area (Å²) in [5, 5.41) is 1.86. The first kappa shape index (κ1) is 16.0. The molecule has 0 aromatic rings. The molecule has 1 aliphatic rings. The Morgan fingerprint density at radius 3 is 2.53 bits per heavy atom. The zero-order valence-electron chi connectivity index (χ0n) is 10.7. The lowest BCUT2D eigenvalue weighted by molar-refractivity contribution is -0.123. The molecule has 0 aliphatic carbocycles. The molecule has 5 nitrogen and oxygen atoms in total. The topological polar surface area (TPSA) is 67.6 Å². The molecule has 0 aromatic heterocycles. The number of nitrogens with two attached hydrogens (primary N) is 1. The molecule has 1 heterocycles. The van der Waals surface area contributed by atoms with Gasteiger partial charge in [0, 0.05) is 19.7 Å². The van der Waals surface area contributed by atoms with Crippen LogP contribution in [0.3, 0.4) is 0 Å². The van der Waals surface area contributed by atoms with Crippen molar-refractivity contribution in [2.75, 3.05) is 32.8 Å². The Kier molecular flexibility index (Phi) is 6.36. The van der Waals surface area contributed by atoms with Crippen molar-refractivity contribution in [2.24, 2.45) is 5.73 Å². The molecule has 1 rings (SSSR count). The van der Waals surface area contributed by atoms with Gasteiger partial charge >= 0.3 is 12.2 Å². The fourth-order valence-electron chi connectivity index (χ4n) is 1.85. The molecule has 0 unspecified atom stereocenters. The summed E-state index contributed by atoms with van der Waals surface area (Å²) in [6, 6.07) is -0.669. The molecule has 112 valence electrons. The lowest BCUT2D eigenvalue weighted by Crippen LogP contribution is -2.48. The number of piperidine rings is 1. The Balaban J connectivity index is 2.20. The fourth-order valence-corrected chi connectivity index (χ4v) is 1.85. The van der Waals surface area contributed by atoms with E-state index in [1.165, 1.54) is 4.90 Å². The largest absolute Gasteiger partial charge is 0.405 e. The minimum absolute atomic E-state index is 0.0678. The van der Waals surface area contributed by atoms with Gasteiger partial charge in [-0.25, -0.2) is 4.79 Å². The van der Waals surface area contributed by atoms with Gasteiger partial charge in [-0.2, -0.15) is 13.2 Å². The van der Waals surface area contributed by atoms with Crippen LogP contribution < -0.4 is 11.1 Å². The smallest absolute Gasteiger partial charge is 0.378 e. The maximum Gasteiger partial charge on any atom is 0.405 e. The molecule has 2 amide bonds. The summed E-state index contributed by atoms with van der Waals surface area (Å²) in [5.74, 6) is 0. The number of hydrogen-bond acceptors (Lipinski definition) is 3. The van der Waals surface area contributed by atoms with E-state index < -0.39 is 18.8 Å². The van der Waals surface area contributed by atoms with Gasteiger partial charge in [-0.15, -0.1) is 0 Å². The molecule has 3 N–H and O–H groups in total. The zero-order chi connectivity index (χ0) is 14.3. The molecule has 0 saturated carbocycles. The van der Waals surface area contributed by atoms with Crippen molar-refractivity contribution in [3.05, 3.63) is 0 Å². The molecule has 0 radical (unpaired) electrons. The highest BCUT2D eigenvalue weighted by Crippen LogP contribution is 2.15. The van der Waals surface area contributed by atoms with Crippen molar-refractivity contribution in [3.8, 4) is 0 Å². The predicted octanol–water partition coefficient (Wildman–Crippen LogP) is 1.09. The second-order valence-corrected chi connectivity index (χ2v) is 4.47. The zero-order valence-corrected chi connectivity index (χ0v) is 10.7. The number of urea groups is 1. The van der Waals surface area contributed by atoms with E-state index in [0.29, 0.717) is 39.1 Å². The maximum absolute atomic E-state index is 12.0. The second kappa shape index (κ2) is 7.54. The highest BCUT2D eigenvalue weighted by Gasteiger charge is 2.30. The van der Waals surface area contributed by atoms with Crippen LogP contribution in [-0.4, -0.2) is 56.0 Å². The van der Waals surface area contributed by atoms with Crippen LogP contribution in [0.4, 0.5) is 18.0 Å². The minimum atomic E-state index is -4.38. The van der Waals surface area contributed by atoms with Crippen LogP contribution in [0.2, 0.25) is 0 Å². The number of carbonyl (C=O) groups excluding carboxylic acids is 1. The summed E-state index contributed by atoms with van der Waals surface area (Å²) in [4.78, 5) is 12.9. The van der Waals surface area contributed by atoms with E-state index in [4.69, 9.17) is 10.5 Å². The van der Waals surface area contributed by atoms with Gasteiger partial charge in [-0.1, -0.05) is 0 Å². The van der Waals surface area contributed by atoms with Crippen LogP contribution in [0.25, 0.3) is 0 Å². The van der Waals surface area contributed by atoms with E-state index in [1.807, 2.05) is 5.32 Å². The molecule has 19 heavy (non-hydrogen) atoms. The van der Waals surface area contributed by atoms with Gasteiger partial charge in [0.2, 0.25) is 0 Å². The average molecular weight is 283 g/mol. The number of nitrogens with one attached hydrogen (secondary N) is 1. The van der Waals surface area contributed by atoms with Crippen molar-refractivity contribution >= 4 is 6.03 Å². The van der Waals surface area contributed by atoms with Crippen LogP contribution >= 0.6 is 0 Å². The molecule has 1 saturated heterocycles. The van der Waals surface area contributed by atoms with E-state index >= 15 is 0 Å². The first-order valence-electron chi connectivity index (χ1n) is 6.33. The molecular weight excluding hydrogens is 263 g/mol. The van der Waals surface area contributed by atoms with E-state index in [1.54, 1.807) is 0 Å². The van der Waals surface area contributed by atoms with E-state index in [0.717, 1.165) is 6.42 Å². The first-order valence-corrected chi connectivity index (χ1v) is 6.33. The highest BCUT2D eigenvalue weighted by molar-refractivity contribution is 5.74. The fraction of sp³-hybridized carbons (Fsp3) is 0.909. The maximum atomic E-state index is 12.0. The first-order chi connectivity index (χ1) is 8.92. The Labute approximate surface area is 110 Å². The van der Waals surface area contributed by atoms with Gasteiger partial charge in [0.15, 0.2) is 0 Å². The molecular formula is C11H20F3N3O2. The number of rotatable bonds is 5. The number of hydrogen-bond donors (Lipinski definition) is 2. The monoisotopic (exact) mass is 283 g/mol. The van der Waals surface area contributed by atoms with Crippen molar-refractivity contribution in [3.63, 3.8) is 0 Å². The molecule has 0 bridgehead atoms.